The van der Waals surface area contributed by atoms with Crippen molar-refractivity contribution < 1.29 is 14.3 Å². The van der Waals surface area contributed by atoms with Gasteiger partial charge in [0.2, 0.25) is 0 Å². The van der Waals surface area contributed by atoms with Crippen molar-refractivity contribution in [2.45, 2.75) is 32.4 Å². The van der Waals surface area contributed by atoms with Crippen LogP contribution in [0.15, 0.2) is 42.5 Å². The maximum Gasteiger partial charge on any atom is 0.270 e. The zero-order chi connectivity index (χ0) is 20.2. The molecule has 1 amide bonds. The van der Waals surface area contributed by atoms with Gasteiger partial charge in [-0.15, -0.1) is 0 Å². The molecule has 0 spiro atoms. The van der Waals surface area contributed by atoms with E-state index in [-0.39, 0.29) is 11.5 Å². The van der Waals surface area contributed by atoms with Crippen LogP contribution < -0.4 is 9.47 Å². The molecule has 29 heavy (non-hydrogen) atoms. The number of nitrogens with zero attached hydrogens (tertiary/aromatic N) is 1. The highest BCUT2D eigenvalue weighted by molar-refractivity contribution is 6.05. The van der Waals surface area contributed by atoms with E-state index in [1.807, 2.05) is 55.1 Å². The Kier molecular flexibility index (Phi) is 3.95. The fourth-order valence-corrected chi connectivity index (χ4v) is 4.26. The van der Waals surface area contributed by atoms with Crippen molar-refractivity contribution in [2.24, 2.45) is 0 Å². The molecular weight excluding hydrogens is 364 g/mol. The lowest BCUT2D eigenvalue weighted by Gasteiger charge is -2.29. The lowest BCUT2D eigenvalue weighted by Crippen LogP contribution is -2.37. The monoisotopic (exact) mass is 388 g/mol. The van der Waals surface area contributed by atoms with Gasteiger partial charge in [-0.3, -0.25) is 4.79 Å². The van der Waals surface area contributed by atoms with E-state index in [1.54, 1.807) is 7.11 Å². The molecule has 0 radical (unpaired) electrons. The molecule has 0 unspecified atom stereocenters. The standard InChI is InChI=1S/C24H24N2O3/c1-24(2)12-10-17-20(29-24)9-8-19-21(17)18-11-13-26(23(27)22(18)25-19)14-15-4-6-16(28-3)7-5-15/h4-10,12,25H,11,13-14H2,1-3H3. The van der Waals surface area contributed by atoms with Gasteiger partial charge in [-0.05, 0) is 61.7 Å². The molecule has 3 aromatic rings. The Balaban J connectivity index is 1.49. The summed E-state index contributed by atoms with van der Waals surface area (Å²) in [6.07, 6.45) is 5.03. The summed E-state index contributed by atoms with van der Waals surface area (Å²) in [6.45, 7) is 5.38. The van der Waals surface area contributed by atoms with Crippen LogP contribution in [-0.2, 0) is 13.0 Å². The highest BCUT2D eigenvalue weighted by Gasteiger charge is 2.31. The third-order valence-corrected chi connectivity index (χ3v) is 5.76. The molecule has 148 valence electrons. The van der Waals surface area contributed by atoms with Gasteiger partial charge in [-0.2, -0.15) is 0 Å². The van der Waals surface area contributed by atoms with Crippen LogP contribution in [0.4, 0.5) is 0 Å². The van der Waals surface area contributed by atoms with Crippen LogP contribution in [0.3, 0.4) is 0 Å². The molecule has 2 aromatic carbocycles. The number of fused-ring (bicyclic) bond motifs is 5. The number of nitrogens with one attached hydrogen (secondary N) is 1. The fourth-order valence-electron chi connectivity index (χ4n) is 4.26. The molecule has 1 N–H and O–H groups in total. The van der Waals surface area contributed by atoms with Gasteiger partial charge < -0.3 is 19.4 Å². The Morgan fingerprint density at radius 3 is 2.72 bits per heavy atom. The molecule has 0 saturated heterocycles. The van der Waals surface area contributed by atoms with Crippen LogP contribution in [0.5, 0.6) is 11.5 Å². The van der Waals surface area contributed by atoms with Crippen molar-refractivity contribution in [3.8, 4) is 11.5 Å². The van der Waals surface area contributed by atoms with E-state index in [1.165, 1.54) is 0 Å². The first kappa shape index (κ1) is 17.9. The van der Waals surface area contributed by atoms with Gasteiger partial charge in [-0.1, -0.05) is 18.2 Å². The summed E-state index contributed by atoms with van der Waals surface area (Å²) in [7, 11) is 1.65. The summed E-state index contributed by atoms with van der Waals surface area (Å²) in [5.41, 5.74) is 4.63. The first-order valence-corrected chi connectivity index (χ1v) is 9.93. The Morgan fingerprint density at radius 1 is 1.17 bits per heavy atom. The minimum absolute atomic E-state index is 0.0491. The normalized spacial score (nSPS) is 17.1. The van der Waals surface area contributed by atoms with Crippen molar-refractivity contribution in [3.63, 3.8) is 0 Å². The predicted octanol–water partition coefficient (Wildman–Crippen LogP) is 4.56. The zero-order valence-corrected chi connectivity index (χ0v) is 16.9. The van der Waals surface area contributed by atoms with Crippen LogP contribution in [0.25, 0.3) is 17.0 Å². The van der Waals surface area contributed by atoms with Gasteiger partial charge in [0.15, 0.2) is 0 Å². The number of rotatable bonds is 3. The SMILES string of the molecule is COc1ccc(CN2CCc3c([nH]c4ccc5c(c34)C=CC(C)(C)O5)C2=O)cc1. The summed E-state index contributed by atoms with van der Waals surface area (Å²) in [5, 5.41) is 1.11. The van der Waals surface area contributed by atoms with Crippen LogP contribution in [-0.4, -0.2) is 35.0 Å². The highest BCUT2D eigenvalue weighted by atomic mass is 16.5. The Bertz CT molecular complexity index is 1140. The molecule has 0 saturated carbocycles. The number of aromatic nitrogens is 1. The van der Waals surface area contributed by atoms with E-state index in [4.69, 9.17) is 9.47 Å². The summed E-state index contributed by atoms with van der Waals surface area (Å²) >= 11 is 0. The molecule has 0 fully saturated rings. The summed E-state index contributed by atoms with van der Waals surface area (Å²) in [5.74, 6) is 1.74. The lowest BCUT2D eigenvalue weighted by atomic mass is 9.95. The second kappa shape index (κ2) is 6.41. The predicted molar refractivity (Wildman–Crippen MR) is 113 cm³/mol. The average Bonchev–Trinajstić information content (AvgIpc) is 3.09. The lowest BCUT2D eigenvalue weighted by molar-refractivity contribution is 0.0722. The topological polar surface area (TPSA) is 54.6 Å². The number of methoxy groups -OCH3 is 1. The van der Waals surface area contributed by atoms with Gasteiger partial charge in [0.1, 0.15) is 22.8 Å². The molecule has 0 aliphatic carbocycles. The Hall–Kier alpha value is -3.21. The third-order valence-electron chi connectivity index (χ3n) is 5.76. The molecule has 0 atom stereocenters. The molecule has 5 rings (SSSR count). The van der Waals surface area contributed by atoms with Gasteiger partial charge in [0.25, 0.3) is 5.91 Å². The number of H-pyrrole nitrogens is 1. The Labute approximate surface area is 169 Å². The van der Waals surface area contributed by atoms with Crippen molar-refractivity contribution >= 4 is 22.9 Å². The van der Waals surface area contributed by atoms with Crippen LogP contribution in [0, 0.1) is 0 Å². The number of benzene rings is 2. The molecule has 5 heteroatoms. The first-order valence-electron chi connectivity index (χ1n) is 9.93. The highest BCUT2D eigenvalue weighted by Crippen LogP contribution is 2.39. The maximum absolute atomic E-state index is 13.2. The molecule has 0 bridgehead atoms. The van der Waals surface area contributed by atoms with E-state index >= 15 is 0 Å². The summed E-state index contributed by atoms with van der Waals surface area (Å²) in [4.78, 5) is 18.5. The number of amides is 1. The number of carbonyl (C=O) groups is 1. The molecule has 5 nitrogen and oxygen atoms in total. The van der Waals surface area contributed by atoms with E-state index in [0.717, 1.165) is 45.5 Å². The van der Waals surface area contributed by atoms with E-state index in [2.05, 4.69) is 17.1 Å². The van der Waals surface area contributed by atoms with Crippen molar-refractivity contribution in [2.75, 3.05) is 13.7 Å². The largest absolute Gasteiger partial charge is 0.497 e. The summed E-state index contributed by atoms with van der Waals surface area (Å²) < 4.78 is 11.3. The number of ether oxygens (including phenoxy) is 2. The fraction of sp³-hybridized carbons (Fsp3) is 0.292. The van der Waals surface area contributed by atoms with E-state index < -0.39 is 0 Å². The van der Waals surface area contributed by atoms with Crippen molar-refractivity contribution in [1.29, 1.82) is 0 Å². The Morgan fingerprint density at radius 2 is 1.97 bits per heavy atom. The van der Waals surface area contributed by atoms with Gasteiger partial charge >= 0.3 is 0 Å². The molecule has 2 aliphatic heterocycles. The summed E-state index contributed by atoms with van der Waals surface area (Å²) in [6, 6.07) is 11.9. The second-order valence-electron chi connectivity index (χ2n) is 8.24. The van der Waals surface area contributed by atoms with Crippen LogP contribution in [0.2, 0.25) is 0 Å². The number of hydrogen-bond acceptors (Lipinski definition) is 3. The van der Waals surface area contributed by atoms with Gasteiger partial charge in [-0.25, -0.2) is 0 Å². The van der Waals surface area contributed by atoms with E-state index in [9.17, 15) is 4.79 Å². The van der Waals surface area contributed by atoms with Crippen molar-refractivity contribution in [1.82, 2.24) is 9.88 Å². The average molecular weight is 388 g/mol. The number of carbonyl (C=O) groups excluding carboxylic acids is 1. The first-order chi connectivity index (χ1) is 13.9. The van der Waals surface area contributed by atoms with Gasteiger partial charge in [0, 0.05) is 29.6 Å². The molecular formula is C24H24N2O3. The van der Waals surface area contributed by atoms with E-state index in [0.29, 0.717) is 18.8 Å². The molecule has 3 heterocycles. The number of aromatic amines is 1. The van der Waals surface area contributed by atoms with Gasteiger partial charge in [0.05, 0.1) is 7.11 Å². The molecule has 2 aliphatic rings. The minimum atomic E-state index is -0.317. The molecule has 1 aromatic heterocycles. The smallest absolute Gasteiger partial charge is 0.270 e. The van der Waals surface area contributed by atoms with Crippen LogP contribution in [0.1, 0.15) is 41.0 Å². The minimum Gasteiger partial charge on any atom is -0.497 e. The third kappa shape index (κ3) is 2.97. The zero-order valence-electron chi connectivity index (χ0n) is 16.9. The number of hydrogen-bond donors (Lipinski definition) is 1. The van der Waals surface area contributed by atoms with Crippen LogP contribution >= 0.6 is 0 Å². The van der Waals surface area contributed by atoms with Crippen molar-refractivity contribution in [3.05, 3.63) is 64.9 Å². The second-order valence-corrected chi connectivity index (χ2v) is 8.24. The maximum atomic E-state index is 13.2. The quantitative estimate of drug-likeness (QED) is 0.716.